The molecule has 0 saturated carbocycles. The molecule has 55 heavy (non-hydrogen) atoms. The van der Waals surface area contributed by atoms with Crippen molar-refractivity contribution in [3.63, 3.8) is 0 Å². The number of furan rings is 1. The Bertz CT molecular complexity index is 3310. The first-order valence-electron chi connectivity index (χ1n) is 18.8. The third-order valence-corrected chi connectivity index (χ3v) is 11.9. The van der Waals surface area contributed by atoms with Crippen molar-refractivity contribution in [2.75, 3.05) is 0 Å². The number of hydrogen-bond donors (Lipinski definition) is 0. The van der Waals surface area contributed by atoms with E-state index in [0.717, 1.165) is 76.4 Å². The molecule has 0 fully saturated rings. The van der Waals surface area contributed by atoms with Crippen LogP contribution in [-0.2, 0) is 5.41 Å². The molecule has 1 aliphatic rings. The fourth-order valence-electron chi connectivity index (χ4n) is 9.17. The summed E-state index contributed by atoms with van der Waals surface area (Å²) in [5, 5.41) is 9.09. The highest BCUT2D eigenvalue weighted by Gasteiger charge is 2.37. The average molecular weight is 705 g/mol. The fourth-order valence-corrected chi connectivity index (χ4v) is 9.17. The zero-order valence-electron chi connectivity index (χ0n) is 30.2. The Morgan fingerprint density at radius 2 is 0.964 bits per heavy atom. The Morgan fingerprint density at radius 3 is 1.65 bits per heavy atom. The molecule has 0 unspecified atom stereocenters. The molecule has 0 spiro atoms. The molecule has 12 rings (SSSR count). The van der Waals surface area contributed by atoms with E-state index in [1.54, 1.807) is 0 Å². The van der Waals surface area contributed by atoms with Gasteiger partial charge in [0.15, 0.2) is 11.6 Å². The highest BCUT2D eigenvalue weighted by molar-refractivity contribution is 6.13. The number of aromatic nitrogens is 4. The van der Waals surface area contributed by atoms with Gasteiger partial charge in [0.25, 0.3) is 0 Å². The molecule has 8 aromatic carbocycles. The van der Waals surface area contributed by atoms with E-state index in [1.807, 2.05) is 6.07 Å². The number of benzene rings is 8. The van der Waals surface area contributed by atoms with Crippen molar-refractivity contribution in [1.29, 1.82) is 0 Å². The van der Waals surface area contributed by atoms with E-state index in [-0.39, 0.29) is 5.41 Å². The van der Waals surface area contributed by atoms with Crippen LogP contribution in [0.5, 0.6) is 0 Å². The van der Waals surface area contributed by atoms with Gasteiger partial charge in [-0.15, -0.1) is 0 Å². The van der Waals surface area contributed by atoms with E-state index in [0.29, 0.717) is 17.6 Å². The molecule has 0 atom stereocenters. The molecular formula is C50H32N4O. The van der Waals surface area contributed by atoms with E-state index < -0.39 is 0 Å². The maximum Gasteiger partial charge on any atom is 0.238 e. The Balaban J connectivity index is 1.16. The molecule has 1 aliphatic carbocycles. The molecule has 258 valence electrons. The van der Waals surface area contributed by atoms with Gasteiger partial charge in [-0.2, -0.15) is 9.97 Å². The van der Waals surface area contributed by atoms with E-state index in [4.69, 9.17) is 19.4 Å². The summed E-state index contributed by atoms with van der Waals surface area (Å²) in [5.74, 6) is 1.86. The van der Waals surface area contributed by atoms with Crippen molar-refractivity contribution < 1.29 is 4.42 Å². The van der Waals surface area contributed by atoms with Gasteiger partial charge in [0, 0.05) is 38.1 Å². The van der Waals surface area contributed by atoms with Crippen molar-refractivity contribution in [1.82, 2.24) is 19.5 Å². The number of hydrogen-bond acceptors (Lipinski definition) is 4. The maximum absolute atomic E-state index is 6.39. The van der Waals surface area contributed by atoms with E-state index >= 15 is 0 Å². The first-order valence-corrected chi connectivity index (χ1v) is 18.8. The van der Waals surface area contributed by atoms with Crippen molar-refractivity contribution in [2.24, 2.45) is 0 Å². The number of fused-ring (bicyclic) bond motifs is 11. The molecular weight excluding hydrogens is 673 g/mol. The molecule has 5 heteroatoms. The lowest BCUT2D eigenvalue weighted by Gasteiger charge is -2.21. The van der Waals surface area contributed by atoms with Crippen molar-refractivity contribution in [3.8, 4) is 39.9 Å². The molecule has 0 radical (unpaired) electrons. The predicted molar refractivity (Wildman–Crippen MR) is 225 cm³/mol. The van der Waals surface area contributed by atoms with Crippen LogP contribution in [0.25, 0.3) is 105 Å². The van der Waals surface area contributed by atoms with Crippen LogP contribution < -0.4 is 0 Å². The van der Waals surface area contributed by atoms with Gasteiger partial charge in [-0.3, -0.25) is 4.57 Å². The Labute approximate surface area is 316 Å². The first kappa shape index (κ1) is 30.4. The zero-order chi connectivity index (χ0) is 36.4. The molecule has 0 N–H and O–H groups in total. The maximum atomic E-state index is 6.39. The van der Waals surface area contributed by atoms with Crippen molar-refractivity contribution in [3.05, 3.63) is 169 Å². The lowest BCUT2D eigenvalue weighted by Crippen LogP contribution is -2.15. The standard InChI is InChI=1S/C50H32N4O/c1-50(2)41-27-44-39(25-37(41)38-26-40-34-20-8-10-24-45(34)55-46(40)28-42(38)50)33-19-7-9-23-43(33)54(44)49-52-47(35-21-11-15-29-13-3-5-17-31(29)35)51-48(53-49)36-22-12-16-30-14-4-6-18-32(30)36/h3-28H,1-2H3. The third kappa shape index (κ3) is 4.26. The summed E-state index contributed by atoms with van der Waals surface area (Å²) in [6.07, 6.45) is 0. The minimum absolute atomic E-state index is 0.269. The van der Waals surface area contributed by atoms with Gasteiger partial charge >= 0.3 is 0 Å². The largest absolute Gasteiger partial charge is 0.456 e. The number of nitrogens with zero attached hydrogens (tertiary/aromatic N) is 4. The summed E-state index contributed by atoms with van der Waals surface area (Å²) in [6.45, 7) is 4.65. The fraction of sp³-hybridized carbons (Fsp3) is 0.0600. The summed E-state index contributed by atoms with van der Waals surface area (Å²) < 4.78 is 8.63. The second kappa shape index (κ2) is 11.0. The van der Waals surface area contributed by atoms with Crippen molar-refractivity contribution >= 4 is 65.3 Å². The van der Waals surface area contributed by atoms with Gasteiger partial charge in [-0.05, 0) is 80.2 Å². The lowest BCUT2D eigenvalue weighted by molar-refractivity contribution is 0.647. The van der Waals surface area contributed by atoms with Crippen LogP contribution in [-0.4, -0.2) is 19.5 Å². The molecule has 0 amide bonds. The van der Waals surface area contributed by atoms with Gasteiger partial charge < -0.3 is 4.42 Å². The summed E-state index contributed by atoms with van der Waals surface area (Å²) in [6, 6.07) is 55.9. The Kier molecular flexibility index (Phi) is 6.05. The summed E-state index contributed by atoms with van der Waals surface area (Å²) in [4.78, 5) is 16.0. The van der Waals surface area contributed by atoms with E-state index in [9.17, 15) is 0 Å². The second-order valence-electron chi connectivity index (χ2n) is 15.2. The predicted octanol–water partition coefficient (Wildman–Crippen LogP) is 12.8. The SMILES string of the molecule is CC1(C)c2cc3oc4ccccc4c3cc2-c2cc3c4ccccc4n(-c4nc(-c5cccc6ccccc56)nc(-c5cccc6ccccc56)n4)c3cc21. The molecule has 0 aliphatic heterocycles. The summed E-state index contributed by atoms with van der Waals surface area (Å²) in [7, 11) is 0. The number of rotatable bonds is 3. The average Bonchev–Trinajstić information content (AvgIpc) is 3.83. The molecule has 5 nitrogen and oxygen atoms in total. The minimum atomic E-state index is -0.269. The van der Waals surface area contributed by atoms with Gasteiger partial charge in [0.2, 0.25) is 5.95 Å². The Hall–Kier alpha value is -7.11. The van der Waals surface area contributed by atoms with Crippen LogP contribution >= 0.6 is 0 Å². The smallest absolute Gasteiger partial charge is 0.238 e. The number of para-hydroxylation sites is 2. The van der Waals surface area contributed by atoms with Gasteiger partial charge in [-0.25, -0.2) is 4.98 Å². The summed E-state index contributed by atoms with van der Waals surface area (Å²) >= 11 is 0. The Morgan fingerprint density at radius 1 is 0.418 bits per heavy atom. The van der Waals surface area contributed by atoms with Crippen LogP contribution in [0.1, 0.15) is 25.0 Å². The summed E-state index contributed by atoms with van der Waals surface area (Å²) in [5.41, 5.74) is 10.7. The van der Waals surface area contributed by atoms with Gasteiger partial charge in [0.1, 0.15) is 11.2 Å². The lowest BCUT2D eigenvalue weighted by atomic mass is 9.82. The van der Waals surface area contributed by atoms with Crippen LogP contribution in [0.2, 0.25) is 0 Å². The topological polar surface area (TPSA) is 56.7 Å². The quantitative estimate of drug-likeness (QED) is 0.184. The molecule has 3 aromatic heterocycles. The molecule has 0 saturated heterocycles. The molecule has 0 bridgehead atoms. The molecule has 11 aromatic rings. The molecule has 3 heterocycles. The van der Waals surface area contributed by atoms with Crippen LogP contribution in [0.15, 0.2) is 162 Å². The monoisotopic (exact) mass is 704 g/mol. The highest BCUT2D eigenvalue weighted by Crippen LogP contribution is 2.53. The van der Waals surface area contributed by atoms with Crippen LogP contribution in [0.4, 0.5) is 0 Å². The van der Waals surface area contributed by atoms with E-state index in [1.165, 1.54) is 22.3 Å². The van der Waals surface area contributed by atoms with Crippen LogP contribution in [0, 0.1) is 0 Å². The van der Waals surface area contributed by atoms with Gasteiger partial charge in [-0.1, -0.05) is 135 Å². The van der Waals surface area contributed by atoms with E-state index in [2.05, 4.69) is 170 Å². The van der Waals surface area contributed by atoms with Crippen molar-refractivity contribution in [2.45, 2.75) is 19.3 Å². The normalized spacial score (nSPS) is 13.4. The minimum Gasteiger partial charge on any atom is -0.456 e. The van der Waals surface area contributed by atoms with Crippen LogP contribution in [0.3, 0.4) is 0 Å². The third-order valence-electron chi connectivity index (χ3n) is 11.9. The highest BCUT2D eigenvalue weighted by atomic mass is 16.3. The first-order chi connectivity index (χ1) is 27.0. The van der Waals surface area contributed by atoms with Gasteiger partial charge in [0.05, 0.1) is 11.0 Å². The second-order valence-corrected chi connectivity index (χ2v) is 15.2. The zero-order valence-corrected chi connectivity index (χ0v) is 30.2.